The lowest BCUT2D eigenvalue weighted by atomic mass is 9.97. The molecule has 0 bridgehead atoms. The topological polar surface area (TPSA) is 53.1 Å². The monoisotopic (exact) mass is 257 g/mol. The van der Waals surface area contributed by atoms with Gasteiger partial charge in [0.25, 0.3) is 0 Å². The van der Waals surface area contributed by atoms with Crippen LogP contribution in [0.3, 0.4) is 0 Å². The van der Waals surface area contributed by atoms with Crippen LogP contribution >= 0.6 is 0 Å². The Hall–Kier alpha value is -1.81. The zero-order valence-electron chi connectivity index (χ0n) is 11.1. The molecule has 1 aliphatic heterocycles. The lowest BCUT2D eigenvalue weighted by molar-refractivity contribution is 0.194. The van der Waals surface area contributed by atoms with Crippen LogP contribution in [0.5, 0.6) is 5.75 Å². The number of benzene rings is 1. The summed E-state index contributed by atoms with van der Waals surface area (Å²) in [5.41, 5.74) is 7.50. The Morgan fingerprint density at radius 3 is 3.11 bits per heavy atom. The number of ether oxygens (including phenoxy) is 1. The van der Waals surface area contributed by atoms with Gasteiger partial charge in [0.2, 0.25) is 0 Å². The smallest absolute Gasteiger partial charge is 0.124 e. The van der Waals surface area contributed by atoms with E-state index in [4.69, 9.17) is 10.5 Å². The van der Waals surface area contributed by atoms with E-state index in [1.165, 1.54) is 0 Å². The minimum atomic E-state index is -0.0465. The van der Waals surface area contributed by atoms with E-state index in [9.17, 15) is 0 Å². The van der Waals surface area contributed by atoms with Crippen molar-refractivity contribution < 1.29 is 4.74 Å². The Bertz CT molecular complexity index is 564. The van der Waals surface area contributed by atoms with E-state index in [2.05, 4.69) is 16.5 Å². The highest BCUT2D eigenvalue weighted by atomic mass is 16.5. The van der Waals surface area contributed by atoms with Crippen LogP contribution in [0.15, 0.2) is 36.7 Å². The predicted octanol–water partition coefficient (Wildman–Crippen LogP) is 2.47. The van der Waals surface area contributed by atoms with Crippen LogP contribution in [0.1, 0.15) is 36.8 Å². The highest BCUT2D eigenvalue weighted by Crippen LogP contribution is 2.36. The number of imidazole rings is 1. The van der Waals surface area contributed by atoms with E-state index < -0.39 is 0 Å². The second-order valence-corrected chi connectivity index (χ2v) is 4.94. The number of hydrogen-bond donors (Lipinski definition) is 1. The maximum atomic E-state index is 6.42. The van der Waals surface area contributed by atoms with Gasteiger partial charge in [-0.05, 0) is 12.5 Å². The first-order chi connectivity index (χ1) is 9.31. The normalized spacial score (nSPS) is 21.8. The van der Waals surface area contributed by atoms with Gasteiger partial charge in [0.05, 0.1) is 12.1 Å². The minimum absolute atomic E-state index is 0.0465. The van der Waals surface area contributed by atoms with Crippen LogP contribution < -0.4 is 10.5 Å². The first-order valence-corrected chi connectivity index (χ1v) is 6.80. The highest BCUT2D eigenvalue weighted by molar-refractivity contribution is 5.38. The van der Waals surface area contributed by atoms with Crippen LogP contribution in [0, 0.1) is 0 Å². The lowest BCUT2D eigenvalue weighted by Crippen LogP contribution is -2.34. The molecule has 19 heavy (non-hydrogen) atoms. The van der Waals surface area contributed by atoms with Gasteiger partial charge in [-0.15, -0.1) is 0 Å². The van der Waals surface area contributed by atoms with Gasteiger partial charge in [-0.3, -0.25) is 0 Å². The minimum Gasteiger partial charge on any atom is -0.491 e. The molecule has 1 aliphatic rings. The average molecular weight is 257 g/mol. The van der Waals surface area contributed by atoms with Crippen molar-refractivity contribution in [1.82, 2.24) is 9.55 Å². The van der Waals surface area contributed by atoms with E-state index >= 15 is 0 Å². The molecule has 1 aromatic heterocycles. The molecule has 2 aromatic rings. The fourth-order valence-electron chi connectivity index (χ4n) is 2.69. The Kier molecular flexibility index (Phi) is 3.25. The SMILES string of the molecule is CCCc1nccn1C1COc2ccccc2C1N. The Morgan fingerprint density at radius 2 is 2.26 bits per heavy atom. The molecule has 2 N–H and O–H groups in total. The molecule has 0 saturated carbocycles. The Morgan fingerprint density at radius 1 is 1.42 bits per heavy atom. The van der Waals surface area contributed by atoms with Crippen LogP contribution in [-0.4, -0.2) is 16.2 Å². The molecule has 0 spiro atoms. The number of para-hydroxylation sites is 1. The fraction of sp³-hybridized carbons (Fsp3) is 0.400. The van der Waals surface area contributed by atoms with Crippen molar-refractivity contribution in [1.29, 1.82) is 0 Å². The molecule has 100 valence electrons. The predicted molar refractivity (Wildman–Crippen MR) is 74.1 cm³/mol. The van der Waals surface area contributed by atoms with Crippen molar-refractivity contribution in [3.05, 3.63) is 48.0 Å². The van der Waals surface area contributed by atoms with Gasteiger partial charge in [-0.1, -0.05) is 25.1 Å². The molecule has 3 rings (SSSR count). The summed E-state index contributed by atoms with van der Waals surface area (Å²) in [6.07, 6.45) is 5.90. The molecule has 0 fully saturated rings. The number of fused-ring (bicyclic) bond motifs is 1. The highest BCUT2D eigenvalue weighted by Gasteiger charge is 2.30. The summed E-state index contributed by atoms with van der Waals surface area (Å²) in [6.45, 7) is 2.76. The van der Waals surface area contributed by atoms with Crippen LogP contribution in [0.25, 0.3) is 0 Å². The third kappa shape index (κ3) is 2.12. The van der Waals surface area contributed by atoms with Crippen molar-refractivity contribution in [3.63, 3.8) is 0 Å². The van der Waals surface area contributed by atoms with Gasteiger partial charge in [0.1, 0.15) is 18.2 Å². The van der Waals surface area contributed by atoms with Gasteiger partial charge >= 0.3 is 0 Å². The molecule has 0 saturated heterocycles. The quantitative estimate of drug-likeness (QED) is 0.919. The summed E-state index contributed by atoms with van der Waals surface area (Å²) in [5.74, 6) is 1.99. The molecule has 2 heterocycles. The van der Waals surface area contributed by atoms with E-state index in [1.807, 2.05) is 36.7 Å². The molecule has 4 heteroatoms. The van der Waals surface area contributed by atoms with E-state index in [0.717, 1.165) is 30.0 Å². The number of nitrogens with zero attached hydrogens (tertiary/aromatic N) is 2. The molecular formula is C15H19N3O. The number of nitrogens with two attached hydrogens (primary N) is 1. The summed E-state index contributed by atoms with van der Waals surface area (Å²) in [5, 5.41) is 0. The molecule has 2 unspecified atom stereocenters. The van der Waals surface area contributed by atoms with E-state index in [0.29, 0.717) is 6.61 Å². The van der Waals surface area contributed by atoms with Gasteiger partial charge in [-0.25, -0.2) is 4.98 Å². The van der Waals surface area contributed by atoms with Crippen LogP contribution in [-0.2, 0) is 6.42 Å². The van der Waals surface area contributed by atoms with E-state index in [-0.39, 0.29) is 12.1 Å². The molecule has 2 atom stereocenters. The summed E-state index contributed by atoms with van der Waals surface area (Å²) >= 11 is 0. The van der Waals surface area contributed by atoms with Crippen LogP contribution in [0.2, 0.25) is 0 Å². The molecule has 0 radical (unpaired) electrons. The zero-order chi connectivity index (χ0) is 13.2. The second kappa shape index (κ2) is 5.05. The molecular weight excluding hydrogens is 238 g/mol. The number of hydrogen-bond acceptors (Lipinski definition) is 3. The average Bonchev–Trinajstić information content (AvgIpc) is 2.88. The molecule has 1 aromatic carbocycles. The second-order valence-electron chi connectivity index (χ2n) is 4.94. The summed E-state index contributed by atoms with van der Waals surface area (Å²) < 4.78 is 8.01. The zero-order valence-corrected chi connectivity index (χ0v) is 11.1. The maximum absolute atomic E-state index is 6.42. The molecule has 0 amide bonds. The molecule has 4 nitrogen and oxygen atoms in total. The first kappa shape index (κ1) is 12.2. The van der Waals surface area contributed by atoms with Crippen molar-refractivity contribution in [3.8, 4) is 5.75 Å². The maximum Gasteiger partial charge on any atom is 0.124 e. The van der Waals surface area contributed by atoms with Gasteiger partial charge in [0.15, 0.2) is 0 Å². The molecule has 0 aliphatic carbocycles. The summed E-state index contributed by atoms with van der Waals surface area (Å²) in [6, 6.07) is 8.08. The number of aryl methyl sites for hydroxylation is 1. The van der Waals surface area contributed by atoms with Crippen molar-refractivity contribution >= 4 is 0 Å². The third-order valence-electron chi connectivity index (χ3n) is 3.68. The summed E-state index contributed by atoms with van der Waals surface area (Å²) in [4.78, 5) is 4.42. The summed E-state index contributed by atoms with van der Waals surface area (Å²) in [7, 11) is 0. The van der Waals surface area contributed by atoms with Crippen molar-refractivity contribution in [2.24, 2.45) is 5.73 Å². The van der Waals surface area contributed by atoms with Gasteiger partial charge in [-0.2, -0.15) is 0 Å². The number of aromatic nitrogens is 2. The lowest BCUT2D eigenvalue weighted by Gasteiger charge is -2.32. The standard InChI is InChI=1S/C15H19N3O/c1-2-5-14-17-8-9-18(14)12-10-19-13-7-4-3-6-11(13)15(12)16/h3-4,6-9,12,15H,2,5,10,16H2,1H3. The van der Waals surface area contributed by atoms with Gasteiger partial charge in [0, 0.05) is 24.4 Å². The third-order valence-corrected chi connectivity index (χ3v) is 3.68. The van der Waals surface area contributed by atoms with Crippen LogP contribution in [0.4, 0.5) is 0 Å². The fourth-order valence-corrected chi connectivity index (χ4v) is 2.69. The van der Waals surface area contributed by atoms with E-state index in [1.54, 1.807) is 0 Å². The Labute approximate surface area is 113 Å². The van der Waals surface area contributed by atoms with Crippen molar-refractivity contribution in [2.75, 3.05) is 6.61 Å². The first-order valence-electron chi connectivity index (χ1n) is 6.80. The van der Waals surface area contributed by atoms with Crippen molar-refractivity contribution in [2.45, 2.75) is 31.8 Å². The largest absolute Gasteiger partial charge is 0.491 e. The number of rotatable bonds is 3. The Balaban J connectivity index is 1.93. The van der Waals surface area contributed by atoms with Gasteiger partial charge < -0.3 is 15.0 Å².